The molecule has 0 aliphatic carbocycles. The van der Waals surface area contributed by atoms with Crippen LogP contribution in [0.1, 0.15) is 19.8 Å². The zero-order chi connectivity index (χ0) is 13.8. The van der Waals surface area contributed by atoms with E-state index in [1.165, 1.54) is 0 Å². The molecule has 0 saturated heterocycles. The van der Waals surface area contributed by atoms with Gasteiger partial charge in [-0.1, -0.05) is 41.4 Å². The third-order valence-electron chi connectivity index (χ3n) is 2.94. The van der Waals surface area contributed by atoms with Crippen molar-refractivity contribution in [2.24, 2.45) is 0 Å². The molecule has 5 heteroatoms. The first-order valence-electron chi connectivity index (χ1n) is 6.16. The van der Waals surface area contributed by atoms with E-state index in [1.807, 2.05) is 31.2 Å². The van der Waals surface area contributed by atoms with Gasteiger partial charge in [0.05, 0.1) is 0 Å². The molecular formula is C14H15BrN2O2. The van der Waals surface area contributed by atoms with E-state index >= 15 is 0 Å². The van der Waals surface area contributed by atoms with Crippen LogP contribution in [-0.2, 0) is 4.79 Å². The fourth-order valence-corrected chi connectivity index (χ4v) is 2.49. The lowest BCUT2D eigenvalue weighted by Gasteiger charge is -2.15. The first-order chi connectivity index (χ1) is 9.13. The summed E-state index contributed by atoms with van der Waals surface area (Å²) in [6.07, 6.45) is 3.06. The Hall–Kier alpha value is -1.62. The Kier molecular flexibility index (Phi) is 4.37. The van der Waals surface area contributed by atoms with E-state index in [0.29, 0.717) is 12.2 Å². The van der Waals surface area contributed by atoms with Crippen LogP contribution in [0.5, 0.6) is 0 Å². The van der Waals surface area contributed by atoms with E-state index in [2.05, 4.69) is 26.2 Å². The van der Waals surface area contributed by atoms with Crippen molar-refractivity contribution in [3.63, 3.8) is 0 Å². The van der Waals surface area contributed by atoms with Crippen molar-refractivity contribution < 1.29 is 9.90 Å². The van der Waals surface area contributed by atoms with Crippen molar-refractivity contribution in [2.75, 3.05) is 5.32 Å². The minimum absolute atomic E-state index is 0.571. The average molecular weight is 323 g/mol. The zero-order valence-electron chi connectivity index (χ0n) is 10.6. The lowest BCUT2D eigenvalue weighted by molar-refractivity contribution is -0.138. The molecule has 19 heavy (non-hydrogen) atoms. The summed E-state index contributed by atoms with van der Waals surface area (Å²) in [7, 11) is 0. The molecule has 1 aromatic carbocycles. The Labute approximate surface area is 120 Å². The molecule has 100 valence electrons. The molecule has 2 rings (SSSR count). The Morgan fingerprint density at radius 1 is 1.42 bits per heavy atom. The number of aliphatic carboxylic acids is 1. The number of nitrogens with zero attached hydrogens (tertiary/aromatic N) is 1. The number of carboxylic acid groups (broad SMARTS) is 1. The van der Waals surface area contributed by atoms with Crippen molar-refractivity contribution in [3.05, 3.63) is 34.9 Å². The topological polar surface area (TPSA) is 62.2 Å². The van der Waals surface area contributed by atoms with Gasteiger partial charge in [0.1, 0.15) is 11.9 Å². The van der Waals surface area contributed by atoms with E-state index in [-0.39, 0.29) is 0 Å². The minimum Gasteiger partial charge on any atom is -0.480 e. The Bertz CT molecular complexity index is 601. The number of anilines is 1. The van der Waals surface area contributed by atoms with Crippen LogP contribution >= 0.6 is 15.9 Å². The van der Waals surface area contributed by atoms with Gasteiger partial charge in [0.2, 0.25) is 0 Å². The standard InChI is InChI=1S/C14H15BrN2O2/c1-2-4-12(14(18)19)17-13-10-5-3-6-11(15)9(10)7-8-16-13/h3,5-8,12H,2,4H2,1H3,(H,16,17)(H,18,19). The molecule has 2 aromatic rings. The molecule has 0 amide bonds. The summed E-state index contributed by atoms with van der Waals surface area (Å²) in [6.45, 7) is 1.96. The minimum atomic E-state index is -0.851. The van der Waals surface area contributed by atoms with E-state index in [4.69, 9.17) is 0 Å². The molecular weight excluding hydrogens is 308 g/mol. The predicted octanol–water partition coefficient (Wildman–Crippen LogP) is 3.66. The number of halogens is 1. The maximum Gasteiger partial charge on any atom is 0.326 e. The molecule has 0 spiro atoms. The summed E-state index contributed by atoms with van der Waals surface area (Å²) in [6, 6.07) is 7.09. The maximum absolute atomic E-state index is 11.2. The van der Waals surface area contributed by atoms with Crippen LogP contribution in [0, 0.1) is 0 Å². The third-order valence-corrected chi connectivity index (χ3v) is 3.63. The number of hydrogen-bond acceptors (Lipinski definition) is 3. The Balaban J connectivity index is 2.40. The fourth-order valence-electron chi connectivity index (χ4n) is 1.99. The van der Waals surface area contributed by atoms with Gasteiger partial charge in [-0.25, -0.2) is 9.78 Å². The van der Waals surface area contributed by atoms with Gasteiger partial charge in [0.15, 0.2) is 0 Å². The predicted molar refractivity (Wildman–Crippen MR) is 79.4 cm³/mol. The molecule has 2 N–H and O–H groups in total. The second kappa shape index (κ2) is 6.02. The van der Waals surface area contributed by atoms with Crippen LogP contribution in [0.3, 0.4) is 0 Å². The number of pyridine rings is 1. The number of aromatic nitrogens is 1. The van der Waals surface area contributed by atoms with Crippen molar-refractivity contribution in [3.8, 4) is 0 Å². The summed E-state index contributed by atoms with van der Waals surface area (Å²) in [4.78, 5) is 15.5. The van der Waals surface area contributed by atoms with Crippen molar-refractivity contribution in [2.45, 2.75) is 25.8 Å². The van der Waals surface area contributed by atoms with Gasteiger partial charge in [-0.15, -0.1) is 0 Å². The van der Waals surface area contributed by atoms with Crippen molar-refractivity contribution in [1.29, 1.82) is 0 Å². The SMILES string of the molecule is CCCC(Nc1nccc2c(Br)cccc12)C(=O)O. The molecule has 1 atom stereocenters. The van der Waals surface area contributed by atoms with E-state index in [0.717, 1.165) is 21.7 Å². The smallest absolute Gasteiger partial charge is 0.326 e. The van der Waals surface area contributed by atoms with Gasteiger partial charge in [-0.2, -0.15) is 0 Å². The van der Waals surface area contributed by atoms with Gasteiger partial charge in [0.25, 0.3) is 0 Å². The van der Waals surface area contributed by atoms with Gasteiger partial charge in [0, 0.05) is 21.4 Å². The summed E-state index contributed by atoms with van der Waals surface area (Å²) in [5.41, 5.74) is 0. The average Bonchev–Trinajstić information content (AvgIpc) is 2.39. The highest BCUT2D eigenvalue weighted by Crippen LogP contribution is 2.28. The highest BCUT2D eigenvalue weighted by atomic mass is 79.9. The normalized spacial score (nSPS) is 12.3. The summed E-state index contributed by atoms with van der Waals surface area (Å²) >= 11 is 3.49. The quantitative estimate of drug-likeness (QED) is 0.881. The largest absolute Gasteiger partial charge is 0.480 e. The van der Waals surface area contributed by atoms with Crippen LogP contribution in [0.15, 0.2) is 34.9 Å². The van der Waals surface area contributed by atoms with Crippen LogP contribution < -0.4 is 5.32 Å². The van der Waals surface area contributed by atoms with Crippen molar-refractivity contribution >= 4 is 38.5 Å². The highest BCUT2D eigenvalue weighted by Gasteiger charge is 2.17. The lowest BCUT2D eigenvalue weighted by atomic mass is 10.1. The second-order valence-corrected chi connectivity index (χ2v) is 5.17. The van der Waals surface area contributed by atoms with Gasteiger partial charge < -0.3 is 10.4 Å². The number of nitrogens with one attached hydrogen (secondary N) is 1. The molecule has 1 heterocycles. The number of rotatable bonds is 5. The van der Waals surface area contributed by atoms with Gasteiger partial charge in [-0.05, 0) is 18.6 Å². The van der Waals surface area contributed by atoms with E-state index < -0.39 is 12.0 Å². The molecule has 0 aliphatic rings. The summed E-state index contributed by atoms with van der Waals surface area (Å²) in [5.74, 6) is -0.240. The molecule has 0 saturated carbocycles. The third kappa shape index (κ3) is 3.04. The van der Waals surface area contributed by atoms with Crippen LogP contribution in [-0.4, -0.2) is 22.1 Å². The van der Waals surface area contributed by atoms with Crippen molar-refractivity contribution in [1.82, 2.24) is 4.98 Å². The van der Waals surface area contributed by atoms with E-state index in [9.17, 15) is 9.90 Å². The summed E-state index contributed by atoms with van der Waals surface area (Å²) in [5, 5.41) is 14.1. The van der Waals surface area contributed by atoms with Gasteiger partial charge >= 0.3 is 5.97 Å². The molecule has 1 unspecified atom stereocenters. The Morgan fingerprint density at radius 2 is 2.21 bits per heavy atom. The fraction of sp³-hybridized carbons (Fsp3) is 0.286. The Morgan fingerprint density at radius 3 is 2.89 bits per heavy atom. The second-order valence-electron chi connectivity index (χ2n) is 4.32. The van der Waals surface area contributed by atoms with Crippen LogP contribution in [0.25, 0.3) is 10.8 Å². The first kappa shape index (κ1) is 13.8. The first-order valence-corrected chi connectivity index (χ1v) is 6.95. The van der Waals surface area contributed by atoms with E-state index in [1.54, 1.807) is 6.20 Å². The monoisotopic (exact) mass is 322 g/mol. The molecule has 0 fully saturated rings. The number of carboxylic acids is 1. The van der Waals surface area contributed by atoms with Crippen LogP contribution in [0.4, 0.5) is 5.82 Å². The number of carbonyl (C=O) groups is 1. The molecule has 0 aliphatic heterocycles. The molecule has 4 nitrogen and oxygen atoms in total. The molecule has 0 bridgehead atoms. The molecule has 1 aromatic heterocycles. The summed E-state index contributed by atoms with van der Waals surface area (Å²) < 4.78 is 0.970. The lowest BCUT2D eigenvalue weighted by Crippen LogP contribution is -2.29. The van der Waals surface area contributed by atoms with Gasteiger partial charge in [-0.3, -0.25) is 0 Å². The number of benzene rings is 1. The molecule has 0 radical (unpaired) electrons. The zero-order valence-corrected chi connectivity index (χ0v) is 12.1. The number of hydrogen-bond donors (Lipinski definition) is 2. The number of fused-ring (bicyclic) bond motifs is 1. The van der Waals surface area contributed by atoms with Crippen LogP contribution in [0.2, 0.25) is 0 Å². The maximum atomic E-state index is 11.2. The highest BCUT2D eigenvalue weighted by molar-refractivity contribution is 9.10.